The summed E-state index contributed by atoms with van der Waals surface area (Å²) in [5.74, 6) is -0.547. The molecule has 2 atom stereocenters. The normalized spacial score (nSPS) is 12.8. The molecule has 3 N–H and O–H groups in total. The molecule has 6 nitrogen and oxygen atoms in total. The molecule has 0 spiro atoms. The lowest BCUT2D eigenvalue weighted by Gasteiger charge is -2.19. The molecule has 27 heavy (non-hydrogen) atoms. The number of carboxylic acids is 1. The summed E-state index contributed by atoms with van der Waals surface area (Å²) in [5.41, 5.74) is 2.41. The average molecular weight is 388 g/mol. The van der Waals surface area contributed by atoms with Crippen LogP contribution in [0.25, 0.3) is 0 Å². The maximum atomic E-state index is 12.5. The molecule has 2 aromatic carbocycles. The van der Waals surface area contributed by atoms with Gasteiger partial charge >= 0.3 is 12.0 Å². The van der Waals surface area contributed by atoms with E-state index in [4.69, 9.17) is 5.11 Å². The first kappa shape index (κ1) is 20.6. The van der Waals surface area contributed by atoms with E-state index < -0.39 is 22.8 Å². The number of carboxylic acid groups (broad SMARTS) is 1. The van der Waals surface area contributed by atoms with Crippen molar-refractivity contribution in [3.63, 3.8) is 0 Å². The number of carbonyl (C=O) groups is 2. The second-order valence-electron chi connectivity index (χ2n) is 6.29. The summed E-state index contributed by atoms with van der Waals surface area (Å²) in [6, 6.07) is 16.1. The number of hydrogen-bond acceptors (Lipinski definition) is 3. The van der Waals surface area contributed by atoms with Crippen LogP contribution in [0.4, 0.5) is 10.5 Å². The van der Waals surface area contributed by atoms with Gasteiger partial charge in [0.15, 0.2) is 0 Å². The molecule has 2 unspecified atom stereocenters. The predicted molar refractivity (Wildman–Crippen MR) is 107 cm³/mol. The van der Waals surface area contributed by atoms with Crippen LogP contribution in [0.3, 0.4) is 0 Å². The molecule has 0 fully saturated rings. The number of anilines is 1. The zero-order valence-corrected chi connectivity index (χ0v) is 16.0. The number of urea groups is 1. The Kier molecular flexibility index (Phi) is 8.00. The maximum absolute atomic E-state index is 12.5. The van der Waals surface area contributed by atoms with Crippen molar-refractivity contribution in [2.24, 2.45) is 0 Å². The third kappa shape index (κ3) is 7.62. The largest absolute Gasteiger partial charge is 0.481 e. The van der Waals surface area contributed by atoms with E-state index in [-0.39, 0.29) is 12.5 Å². The molecule has 2 amide bonds. The quantitative estimate of drug-likeness (QED) is 0.615. The van der Waals surface area contributed by atoms with E-state index in [0.717, 1.165) is 11.1 Å². The van der Waals surface area contributed by atoms with Gasteiger partial charge in [-0.25, -0.2) is 4.79 Å². The SMILES string of the molecule is CS(=O)Cc1ccccc1NC(=O)NC(CCC(=O)O)Cc1ccccc1. The third-order valence-electron chi connectivity index (χ3n) is 3.99. The lowest BCUT2D eigenvalue weighted by atomic mass is 10.0. The van der Waals surface area contributed by atoms with Gasteiger partial charge in [0.05, 0.1) is 5.75 Å². The van der Waals surface area contributed by atoms with E-state index in [2.05, 4.69) is 10.6 Å². The molecule has 0 heterocycles. The highest BCUT2D eigenvalue weighted by molar-refractivity contribution is 7.83. The zero-order valence-electron chi connectivity index (χ0n) is 15.2. The zero-order chi connectivity index (χ0) is 19.6. The molecule has 0 saturated carbocycles. The smallest absolute Gasteiger partial charge is 0.319 e. The first-order chi connectivity index (χ1) is 12.9. The van der Waals surface area contributed by atoms with E-state index in [1.54, 1.807) is 18.4 Å². The summed E-state index contributed by atoms with van der Waals surface area (Å²) in [5, 5.41) is 14.6. The molecule has 0 aliphatic rings. The fourth-order valence-corrected chi connectivity index (χ4v) is 3.44. The standard InChI is InChI=1S/C20H24N2O4S/c1-27(26)14-16-9-5-6-10-18(16)22-20(25)21-17(11-12-19(23)24)13-15-7-3-2-4-8-15/h2-10,17H,11-14H2,1H3,(H,23,24)(H2,21,22,25). The van der Waals surface area contributed by atoms with E-state index >= 15 is 0 Å². The molecule has 2 rings (SSSR count). The molecule has 144 valence electrons. The second kappa shape index (κ2) is 10.5. The maximum Gasteiger partial charge on any atom is 0.319 e. The van der Waals surface area contributed by atoms with Gasteiger partial charge in [0.25, 0.3) is 0 Å². The first-order valence-electron chi connectivity index (χ1n) is 8.65. The van der Waals surface area contributed by atoms with Crippen LogP contribution >= 0.6 is 0 Å². The molecule has 7 heteroatoms. The summed E-state index contributed by atoms with van der Waals surface area (Å²) in [6.45, 7) is 0. The van der Waals surface area contributed by atoms with Gasteiger partial charge in [0, 0.05) is 35.2 Å². The van der Waals surface area contributed by atoms with Crippen LogP contribution in [0, 0.1) is 0 Å². The Labute approximate surface area is 161 Å². The topological polar surface area (TPSA) is 95.5 Å². The van der Waals surface area contributed by atoms with Gasteiger partial charge < -0.3 is 15.7 Å². The Bertz CT molecular complexity index is 796. The number of hydrogen-bond donors (Lipinski definition) is 3. The van der Waals surface area contributed by atoms with Crippen molar-refractivity contribution >= 4 is 28.5 Å². The van der Waals surface area contributed by atoms with Gasteiger partial charge in [-0.3, -0.25) is 9.00 Å². The predicted octanol–water partition coefficient (Wildman–Crippen LogP) is 3.16. The molecular formula is C20H24N2O4S. The molecule has 2 aromatic rings. The summed E-state index contributed by atoms with van der Waals surface area (Å²) in [7, 11) is -1.02. The number of nitrogens with one attached hydrogen (secondary N) is 2. The Morgan fingerprint density at radius 3 is 2.41 bits per heavy atom. The highest BCUT2D eigenvalue weighted by atomic mass is 32.2. The lowest BCUT2D eigenvalue weighted by Crippen LogP contribution is -2.39. The summed E-state index contributed by atoms with van der Waals surface area (Å²) in [6.07, 6.45) is 2.46. The Morgan fingerprint density at radius 2 is 1.74 bits per heavy atom. The van der Waals surface area contributed by atoms with E-state index in [1.807, 2.05) is 42.5 Å². The molecular weight excluding hydrogens is 364 g/mol. The number of para-hydroxylation sites is 1. The van der Waals surface area contributed by atoms with Crippen LogP contribution in [0.1, 0.15) is 24.0 Å². The van der Waals surface area contributed by atoms with Crippen LogP contribution in [0.2, 0.25) is 0 Å². The van der Waals surface area contributed by atoms with Gasteiger partial charge in [-0.15, -0.1) is 0 Å². The average Bonchev–Trinajstić information content (AvgIpc) is 2.62. The van der Waals surface area contributed by atoms with Gasteiger partial charge in [-0.1, -0.05) is 48.5 Å². The van der Waals surface area contributed by atoms with Crippen LogP contribution in [-0.4, -0.2) is 33.6 Å². The highest BCUT2D eigenvalue weighted by Crippen LogP contribution is 2.17. The number of carbonyl (C=O) groups excluding carboxylic acids is 1. The highest BCUT2D eigenvalue weighted by Gasteiger charge is 2.16. The van der Waals surface area contributed by atoms with Crippen molar-refractivity contribution in [1.29, 1.82) is 0 Å². The fourth-order valence-electron chi connectivity index (χ4n) is 2.75. The van der Waals surface area contributed by atoms with Crippen molar-refractivity contribution in [3.05, 3.63) is 65.7 Å². The van der Waals surface area contributed by atoms with E-state index in [0.29, 0.717) is 24.3 Å². The summed E-state index contributed by atoms with van der Waals surface area (Å²) >= 11 is 0. The van der Waals surface area contributed by atoms with Crippen LogP contribution in [-0.2, 0) is 27.8 Å². The Balaban J connectivity index is 2.04. The third-order valence-corrected chi connectivity index (χ3v) is 4.71. The van der Waals surface area contributed by atoms with Crippen molar-refractivity contribution in [3.8, 4) is 0 Å². The van der Waals surface area contributed by atoms with Gasteiger partial charge in [0.1, 0.15) is 0 Å². The number of benzene rings is 2. The van der Waals surface area contributed by atoms with Crippen molar-refractivity contribution < 1.29 is 18.9 Å². The Hall–Kier alpha value is -2.67. The number of rotatable bonds is 9. The van der Waals surface area contributed by atoms with Crippen molar-refractivity contribution in [2.75, 3.05) is 11.6 Å². The number of aliphatic carboxylic acids is 1. The molecule has 0 bridgehead atoms. The lowest BCUT2D eigenvalue weighted by molar-refractivity contribution is -0.137. The number of amides is 2. The van der Waals surface area contributed by atoms with Crippen LogP contribution in [0.5, 0.6) is 0 Å². The van der Waals surface area contributed by atoms with E-state index in [1.165, 1.54) is 0 Å². The molecule has 0 aliphatic heterocycles. The van der Waals surface area contributed by atoms with Crippen LogP contribution in [0.15, 0.2) is 54.6 Å². The Morgan fingerprint density at radius 1 is 1.07 bits per heavy atom. The monoisotopic (exact) mass is 388 g/mol. The minimum absolute atomic E-state index is 0.0246. The van der Waals surface area contributed by atoms with Gasteiger partial charge in [0.2, 0.25) is 0 Å². The summed E-state index contributed by atoms with van der Waals surface area (Å²) in [4.78, 5) is 23.4. The van der Waals surface area contributed by atoms with Gasteiger partial charge in [-0.2, -0.15) is 0 Å². The van der Waals surface area contributed by atoms with Crippen molar-refractivity contribution in [2.45, 2.75) is 31.1 Å². The van der Waals surface area contributed by atoms with Gasteiger partial charge in [-0.05, 0) is 30.0 Å². The summed E-state index contributed by atoms with van der Waals surface area (Å²) < 4.78 is 11.5. The first-order valence-corrected chi connectivity index (χ1v) is 10.4. The minimum Gasteiger partial charge on any atom is -0.481 e. The molecule has 0 radical (unpaired) electrons. The van der Waals surface area contributed by atoms with Crippen LogP contribution < -0.4 is 10.6 Å². The van der Waals surface area contributed by atoms with E-state index in [9.17, 15) is 13.8 Å². The molecule has 0 saturated heterocycles. The van der Waals surface area contributed by atoms with Crippen molar-refractivity contribution in [1.82, 2.24) is 5.32 Å². The molecule has 0 aliphatic carbocycles. The second-order valence-corrected chi connectivity index (χ2v) is 7.73. The minimum atomic E-state index is -1.02. The molecule has 0 aromatic heterocycles. The fraction of sp³-hybridized carbons (Fsp3) is 0.300.